The summed E-state index contributed by atoms with van der Waals surface area (Å²) in [6.45, 7) is 1.74. The molecule has 0 saturated carbocycles. The number of nitrogens with one attached hydrogen (secondary N) is 1. The summed E-state index contributed by atoms with van der Waals surface area (Å²) in [7, 11) is 0. The van der Waals surface area contributed by atoms with Crippen LogP contribution in [0.15, 0.2) is 52.8 Å². The molecular formula is C18H15F3N8O2S. The minimum absolute atomic E-state index is 0.0696. The van der Waals surface area contributed by atoms with Gasteiger partial charge in [0.05, 0.1) is 34.5 Å². The van der Waals surface area contributed by atoms with Crippen molar-refractivity contribution in [3.63, 3.8) is 0 Å². The monoisotopic (exact) mass is 464 g/mol. The van der Waals surface area contributed by atoms with E-state index in [1.54, 1.807) is 13.0 Å². The molecule has 14 heteroatoms. The van der Waals surface area contributed by atoms with E-state index < -0.39 is 17.6 Å². The quantitative estimate of drug-likeness (QED) is 0.329. The van der Waals surface area contributed by atoms with E-state index in [-0.39, 0.29) is 22.3 Å². The van der Waals surface area contributed by atoms with Gasteiger partial charge in [0.1, 0.15) is 18.4 Å². The summed E-state index contributed by atoms with van der Waals surface area (Å²) >= 11 is 0.976. The molecule has 0 atom stereocenters. The topological polar surface area (TPSA) is 130 Å². The van der Waals surface area contributed by atoms with Gasteiger partial charge in [0.25, 0.3) is 0 Å². The molecule has 166 valence electrons. The van der Waals surface area contributed by atoms with E-state index in [4.69, 9.17) is 10.3 Å². The molecule has 3 aromatic heterocycles. The fourth-order valence-electron chi connectivity index (χ4n) is 2.84. The molecule has 32 heavy (non-hydrogen) atoms. The standard InChI is InChI=1S/C18H15F3N8O2S/c1-10-12(4-5-31-10)16-26-27-17(29(16)22)32-7-15(30)25-13-6-11(18(19,20)21)2-3-14(13)28-9-23-8-24-28/h2-6,8-9H,7,22H2,1H3,(H,25,30). The smallest absolute Gasteiger partial charge is 0.416 e. The third-order valence-electron chi connectivity index (χ3n) is 4.36. The molecule has 0 fully saturated rings. The fourth-order valence-corrected chi connectivity index (χ4v) is 3.49. The van der Waals surface area contributed by atoms with Crippen molar-refractivity contribution in [3.8, 4) is 17.1 Å². The van der Waals surface area contributed by atoms with Crippen LogP contribution in [0.1, 0.15) is 11.3 Å². The van der Waals surface area contributed by atoms with Crippen molar-refractivity contribution >= 4 is 23.4 Å². The summed E-state index contributed by atoms with van der Waals surface area (Å²) in [5.74, 6) is 6.22. The fraction of sp³-hybridized carbons (Fsp3) is 0.167. The lowest BCUT2D eigenvalue weighted by Crippen LogP contribution is -2.18. The number of hydrogen-bond acceptors (Lipinski definition) is 8. The Labute approximate surface area is 182 Å². The molecule has 0 unspecified atom stereocenters. The van der Waals surface area contributed by atoms with Gasteiger partial charge in [0.15, 0.2) is 5.82 Å². The lowest BCUT2D eigenvalue weighted by Gasteiger charge is -2.14. The molecule has 3 heterocycles. The summed E-state index contributed by atoms with van der Waals surface area (Å²) in [4.78, 5) is 16.3. The van der Waals surface area contributed by atoms with Crippen LogP contribution in [0.2, 0.25) is 0 Å². The highest BCUT2D eigenvalue weighted by Gasteiger charge is 2.31. The Morgan fingerprint density at radius 3 is 2.75 bits per heavy atom. The summed E-state index contributed by atoms with van der Waals surface area (Å²) in [6, 6.07) is 4.63. The molecule has 0 spiro atoms. The number of aryl methyl sites for hydroxylation is 1. The van der Waals surface area contributed by atoms with Crippen molar-refractivity contribution in [2.75, 3.05) is 16.9 Å². The molecule has 0 bridgehead atoms. The van der Waals surface area contributed by atoms with Gasteiger partial charge in [-0.05, 0) is 31.2 Å². The van der Waals surface area contributed by atoms with Gasteiger partial charge in [0.2, 0.25) is 11.1 Å². The van der Waals surface area contributed by atoms with Crippen molar-refractivity contribution in [2.45, 2.75) is 18.3 Å². The first-order valence-electron chi connectivity index (χ1n) is 8.98. The normalized spacial score (nSPS) is 11.6. The summed E-state index contributed by atoms with van der Waals surface area (Å²) < 4.78 is 47.1. The van der Waals surface area contributed by atoms with E-state index in [1.165, 1.54) is 34.3 Å². The number of nitrogen functional groups attached to an aromatic ring is 1. The Kier molecular flexibility index (Phi) is 5.61. The number of hydrogen-bond donors (Lipinski definition) is 2. The molecule has 0 aliphatic rings. The van der Waals surface area contributed by atoms with E-state index in [0.717, 1.165) is 23.9 Å². The van der Waals surface area contributed by atoms with Crippen LogP contribution in [0, 0.1) is 6.92 Å². The molecule has 0 aliphatic carbocycles. The molecule has 4 rings (SSSR count). The van der Waals surface area contributed by atoms with Gasteiger partial charge in [-0.3, -0.25) is 4.79 Å². The molecular weight excluding hydrogens is 449 g/mol. The first kappa shape index (κ1) is 21.4. The molecule has 4 aromatic rings. The number of rotatable bonds is 6. The van der Waals surface area contributed by atoms with E-state index in [1.807, 2.05) is 0 Å². The number of halogens is 3. The highest BCUT2D eigenvalue weighted by atomic mass is 32.2. The highest BCUT2D eigenvalue weighted by Crippen LogP contribution is 2.33. The minimum atomic E-state index is -4.58. The SMILES string of the molecule is Cc1occc1-c1nnc(SCC(=O)Nc2cc(C(F)(F)F)ccc2-n2cncn2)n1N. The maximum atomic E-state index is 13.2. The lowest BCUT2D eigenvalue weighted by atomic mass is 10.1. The third-order valence-corrected chi connectivity index (χ3v) is 5.30. The Bertz CT molecular complexity index is 1250. The number of carbonyl (C=O) groups is 1. The molecule has 0 radical (unpaired) electrons. The number of benzene rings is 1. The molecule has 10 nitrogen and oxygen atoms in total. The van der Waals surface area contributed by atoms with Crippen LogP contribution in [0.3, 0.4) is 0 Å². The third kappa shape index (κ3) is 4.30. The summed E-state index contributed by atoms with van der Waals surface area (Å²) in [5.41, 5.74) is -0.0997. The second kappa shape index (κ2) is 8.37. The zero-order valence-electron chi connectivity index (χ0n) is 16.4. The Balaban J connectivity index is 1.51. The first-order chi connectivity index (χ1) is 15.2. The summed E-state index contributed by atoms with van der Waals surface area (Å²) in [6.07, 6.45) is -0.552. The Morgan fingerprint density at radius 1 is 1.28 bits per heavy atom. The number of thioether (sulfide) groups is 1. The Morgan fingerprint density at radius 2 is 2.09 bits per heavy atom. The van der Waals surface area contributed by atoms with Crippen molar-refractivity contribution in [1.82, 2.24) is 29.6 Å². The average Bonchev–Trinajstić information content (AvgIpc) is 3.48. The minimum Gasteiger partial charge on any atom is -0.469 e. The van der Waals surface area contributed by atoms with Gasteiger partial charge in [-0.15, -0.1) is 10.2 Å². The van der Waals surface area contributed by atoms with Crippen molar-refractivity contribution < 1.29 is 22.4 Å². The van der Waals surface area contributed by atoms with E-state index in [2.05, 4.69) is 25.6 Å². The number of nitrogens with two attached hydrogens (primary N) is 1. The maximum absolute atomic E-state index is 13.2. The van der Waals surface area contributed by atoms with Crippen LogP contribution in [0.25, 0.3) is 17.1 Å². The van der Waals surface area contributed by atoms with Gasteiger partial charge in [0, 0.05) is 0 Å². The molecule has 1 amide bonds. The summed E-state index contributed by atoms with van der Waals surface area (Å²) in [5, 5.41) is 14.6. The predicted molar refractivity (Wildman–Crippen MR) is 108 cm³/mol. The Hall–Kier alpha value is -3.81. The van der Waals surface area contributed by atoms with Gasteiger partial charge in [-0.1, -0.05) is 11.8 Å². The van der Waals surface area contributed by atoms with Crippen LogP contribution in [-0.2, 0) is 11.0 Å². The maximum Gasteiger partial charge on any atom is 0.416 e. The van der Waals surface area contributed by atoms with E-state index in [0.29, 0.717) is 17.1 Å². The number of alkyl halides is 3. The predicted octanol–water partition coefficient (Wildman–Crippen LogP) is 2.89. The second-order valence-electron chi connectivity index (χ2n) is 6.47. The number of aromatic nitrogens is 6. The van der Waals surface area contributed by atoms with Gasteiger partial charge < -0.3 is 15.6 Å². The van der Waals surface area contributed by atoms with Gasteiger partial charge in [-0.2, -0.15) is 18.3 Å². The molecule has 0 aliphatic heterocycles. The zero-order valence-corrected chi connectivity index (χ0v) is 17.2. The molecule has 3 N–H and O–H groups in total. The molecule has 1 aromatic carbocycles. The number of anilines is 1. The van der Waals surface area contributed by atoms with Crippen LogP contribution < -0.4 is 11.2 Å². The van der Waals surface area contributed by atoms with Crippen LogP contribution >= 0.6 is 11.8 Å². The van der Waals surface area contributed by atoms with E-state index in [9.17, 15) is 18.0 Å². The van der Waals surface area contributed by atoms with Crippen LogP contribution in [0.5, 0.6) is 0 Å². The van der Waals surface area contributed by atoms with Crippen molar-refractivity contribution in [3.05, 3.63) is 54.5 Å². The average molecular weight is 464 g/mol. The highest BCUT2D eigenvalue weighted by molar-refractivity contribution is 7.99. The van der Waals surface area contributed by atoms with E-state index >= 15 is 0 Å². The van der Waals surface area contributed by atoms with Crippen molar-refractivity contribution in [1.29, 1.82) is 0 Å². The van der Waals surface area contributed by atoms with Gasteiger partial charge in [-0.25, -0.2) is 14.3 Å². The number of amides is 1. The van der Waals surface area contributed by atoms with Gasteiger partial charge >= 0.3 is 6.18 Å². The largest absolute Gasteiger partial charge is 0.469 e. The number of nitrogens with zero attached hydrogens (tertiary/aromatic N) is 6. The van der Waals surface area contributed by atoms with Crippen molar-refractivity contribution in [2.24, 2.45) is 0 Å². The lowest BCUT2D eigenvalue weighted by molar-refractivity contribution is -0.137. The molecule has 0 saturated heterocycles. The van der Waals surface area contributed by atoms with Crippen LogP contribution in [-0.4, -0.2) is 41.3 Å². The second-order valence-corrected chi connectivity index (χ2v) is 7.42. The number of carbonyl (C=O) groups excluding carboxylic acids is 1. The number of furan rings is 1. The first-order valence-corrected chi connectivity index (χ1v) is 9.96. The zero-order chi connectivity index (χ0) is 22.9. The van der Waals surface area contributed by atoms with Crippen LogP contribution in [0.4, 0.5) is 18.9 Å².